The number of aromatic carboxylic acids is 1. The van der Waals surface area contributed by atoms with Crippen molar-refractivity contribution in [2.75, 3.05) is 11.9 Å². The summed E-state index contributed by atoms with van der Waals surface area (Å²) >= 11 is 1.21. The lowest BCUT2D eigenvalue weighted by Crippen LogP contribution is -2.31. The normalized spacial score (nSPS) is 10.5. The molecule has 0 aliphatic rings. The number of aromatic nitrogens is 5. The molecule has 3 heterocycles. The van der Waals surface area contributed by atoms with Crippen molar-refractivity contribution < 1.29 is 19.8 Å². The summed E-state index contributed by atoms with van der Waals surface area (Å²) in [7, 11) is 0. The first kappa shape index (κ1) is 18.1. The Balaban J connectivity index is 1.73. The average Bonchev–Trinajstić information content (AvgIpc) is 3.29. The molecule has 0 radical (unpaired) electrons. The second-order valence-corrected chi connectivity index (χ2v) is 5.90. The van der Waals surface area contributed by atoms with Gasteiger partial charge >= 0.3 is 12.0 Å². The quantitative estimate of drug-likeness (QED) is 0.399. The van der Waals surface area contributed by atoms with Crippen LogP contribution in [0.4, 0.5) is 10.5 Å². The monoisotopic (exact) mass is 391 g/mol. The van der Waals surface area contributed by atoms with Gasteiger partial charge in [-0.05, 0) is 0 Å². The maximum Gasteiger partial charge on any atom is 0.358 e. The first-order valence-electron chi connectivity index (χ1n) is 7.46. The Labute approximate surface area is 154 Å². The SMILES string of the molecule is O=C(NCCn1cncn1)Nc1cscc1-c1nc(C(=O)O)c(O)c(=O)[nH]1. The van der Waals surface area contributed by atoms with E-state index in [1.54, 1.807) is 15.4 Å². The lowest BCUT2D eigenvalue weighted by atomic mass is 10.2. The molecule has 3 rings (SSSR count). The van der Waals surface area contributed by atoms with Crippen molar-refractivity contribution in [1.29, 1.82) is 0 Å². The van der Waals surface area contributed by atoms with Gasteiger partial charge in [0.2, 0.25) is 5.75 Å². The number of carbonyl (C=O) groups excluding carboxylic acids is 1. The summed E-state index contributed by atoms with van der Waals surface area (Å²) in [5, 5.41) is 30.8. The van der Waals surface area contributed by atoms with Crippen molar-refractivity contribution in [1.82, 2.24) is 30.0 Å². The molecule has 13 heteroatoms. The third kappa shape index (κ3) is 4.09. The molecular weight excluding hydrogens is 378 g/mol. The van der Waals surface area contributed by atoms with Crippen LogP contribution in [0.2, 0.25) is 0 Å². The smallest absolute Gasteiger partial charge is 0.358 e. The van der Waals surface area contributed by atoms with Gasteiger partial charge in [0.25, 0.3) is 5.56 Å². The van der Waals surface area contributed by atoms with Crippen LogP contribution in [0.5, 0.6) is 5.75 Å². The largest absolute Gasteiger partial charge is 0.501 e. The van der Waals surface area contributed by atoms with E-state index in [-0.39, 0.29) is 5.82 Å². The summed E-state index contributed by atoms with van der Waals surface area (Å²) < 4.78 is 1.55. The lowest BCUT2D eigenvalue weighted by molar-refractivity contribution is 0.0686. The second-order valence-electron chi connectivity index (χ2n) is 5.16. The van der Waals surface area contributed by atoms with Gasteiger partial charge in [-0.2, -0.15) is 5.10 Å². The van der Waals surface area contributed by atoms with Crippen molar-refractivity contribution in [3.05, 3.63) is 39.5 Å². The first-order chi connectivity index (χ1) is 13.0. The number of amides is 2. The molecule has 5 N–H and O–H groups in total. The van der Waals surface area contributed by atoms with Gasteiger partial charge in [0.15, 0.2) is 5.69 Å². The van der Waals surface area contributed by atoms with Crippen LogP contribution in [0, 0.1) is 0 Å². The van der Waals surface area contributed by atoms with Crippen LogP contribution in [0.3, 0.4) is 0 Å². The third-order valence-corrected chi connectivity index (χ3v) is 4.10. The maximum atomic E-state index is 12.0. The number of hydrogen-bond acceptors (Lipinski definition) is 8. The van der Waals surface area contributed by atoms with E-state index in [0.29, 0.717) is 24.3 Å². The Hall–Kier alpha value is -3.74. The minimum Gasteiger partial charge on any atom is -0.501 e. The van der Waals surface area contributed by atoms with Crippen molar-refractivity contribution in [3.63, 3.8) is 0 Å². The molecule has 0 atom stereocenters. The minimum atomic E-state index is -1.55. The zero-order chi connectivity index (χ0) is 19.4. The van der Waals surface area contributed by atoms with E-state index in [0.717, 1.165) is 0 Å². The van der Waals surface area contributed by atoms with Gasteiger partial charge in [-0.15, -0.1) is 11.3 Å². The van der Waals surface area contributed by atoms with Crippen molar-refractivity contribution in [3.8, 4) is 17.1 Å². The Morgan fingerprint density at radius 3 is 2.85 bits per heavy atom. The topological polar surface area (TPSA) is 175 Å². The number of carbonyl (C=O) groups is 2. The number of nitrogens with zero attached hydrogens (tertiary/aromatic N) is 4. The summed E-state index contributed by atoms with van der Waals surface area (Å²) in [5.74, 6) is -2.62. The predicted molar refractivity (Wildman–Crippen MR) is 93.8 cm³/mol. The Bertz CT molecular complexity index is 1030. The number of aromatic hydroxyl groups is 1. The number of thiophene rings is 1. The summed E-state index contributed by atoms with van der Waals surface area (Å²) in [6, 6.07) is -0.505. The maximum absolute atomic E-state index is 12.0. The Kier molecular flexibility index (Phi) is 5.12. The number of anilines is 1. The van der Waals surface area contributed by atoms with Crippen molar-refractivity contribution in [2.24, 2.45) is 0 Å². The summed E-state index contributed by atoms with van der Waals surface area (Å²) in [6.45, 7) is 0.727. The first-order valence-corrected chi connectivity index (χ1v) is 8.40. The van der Waals surface area contributed by atoms with Crippen LogP contribution in [0.25, 0.3) is 11.4 Å². The van der Waals surface area contributed by atoms with Gasteiger partial charge < -0.3 is 25.8 Å². The lowest BCUT2D eigenvalue weighted by Gasteiger charge is -2.09. The van der Waals surface area contributed by atoms with Gasteiger partial charge in [-0.1, -0.05) is 0 Å². The highest BCUT2D eigenvalue weighted by Crippen LogP contribution is 2.29. The second kappa shape index (κ2) is 7.65. The molecule has 0 aliphatic heterocycles. The highest BCUT2D eigenvalue weighted by molar-refractivity contribution is 7.08. The van der Waals surface area contributed by atoms with E-state index < -0.39 is 29.0 Å². The molecule has 140 valence electrons. The van der Waals surface area contributed by atoms with E-state index in [2.05, 4.69) is 30.7 Å². The van der Waals surface area contributed by atoms with Gasteiger partial charge in [0, 0.05) is 17.3 Å². The number of aromatic amines is 1. The molecule has 0 spiro atoms. The zero-order valence-electron chi connectivity index (χ0n) is 13.5. The third-order valence-electron chi connectivity index (χ3n) is 3.36. The predicted octanol–water partition coefficient (Wildman–Crippen LogP) is 0.315. The number of rotatable bonds is 6. The number of carboxylic acid groups (broad SMARTS) is 1. The number of nitrogens with one attached hydrogen (secondary N) is 3. The summed E-state index contributed by atoms with van der Waals surface area (Å²) in [4.78, 5) is 44.7. The molecule has 0 unspecified atom stereocenters. The molecule has 3 aromatic heterocycles. The van der Waals surface area contributed by atoms with Crippen LogP contribution in [0.1, 0.15) is 10.5 Å². The van der Waals surface area contributed by atoms with E-state index in [4.69, 9.17) is 5.11 Å². The van der Waals surface area contributed by atoms with Crippen LogP contribution in [-0.2, 0) is 6.54 Å². The van der Waals surface area contributed by atoms with Crippen LogP contribution in [0.15, 0.2) is 28.2 Å². The van der Waals surface area contributed by atoms with E-state index >= 15 is 0 Å². The van der Waals surface area contributed by atoms with Crippen LogP contribution >= 0.6 is 11.3 Å². The number of hydrogen-bond donors (Lipinski definition) is 5. The zero-order valence-corrected chi connectivity index (χ0v) is 14.4. The molecule has 0 aromatic carbocycles. The van der Waals surface area contributed by atoms with Crippen molar-refractivity contribution in [2.45, 2.75) is 6.54 Å². The molecule has 3 aromatic rings. The molecule has 12 nitrogen and oxygen atoms in total. The summed E-state index contributed by atoms with van der Waals surface area (Å²) in [5.41, 5.74) is -1.13. The average molecular weight is 391 g/mol. The molecule has 0 saturated heterocycles. The van der Waals surface area contributed by atoms with E-state index in [1.807, 2.05) is 0 Å². The fourth-order valence-corrected chi connectivity index (χ4v) is 2.88. The van der Waals surface area contributed by atoms with Gasteiger partial charge in [-0.25, -0.2) is 19.6 Å². The van der Waals surface area contributed by atoms with Crippen LogP contribution < -0.4 is 16.2 Å². The molecule has 2 amide bonds. The Morgan fingerprint density at radius 2 is 2.15 bits per heavy atom. The molecule has 0 saturated carbocycles. The molecular formula is C14H13N7O5S. The number of carboxylic acids is 1. The minimum absolute atomic E-state index is 0.0886. The molecule has 27 heavy (non-hydrogen) atoms. The highest BCUT2D eigenvalue weighted by atomic mass is 32.1. The highest BCUT2D eigenvalue weighted by Gasteiger charge is 2.19. The van der Waals surface area contributed by atoms with Crippen LogP contribution in [-0.4, -0.2) is 53.5 Å². The Morgan fingerprint density at radius 1 is 1.33 bits per heavy atom. The van der Waals surface area contributed by atoms with Gasteiger partial charge in [0.05, 0.1) is 17.8 Å². The standard InChI is InChI=1S/C14H13N7O5S/c22-10-9(13(24)25)19-11(20-12(10)23)7-3-27-4-8(7)18-14(26)16-1-2-21-6-15-5-17-21/h3-6,22H,1-2H2,(H,24,25)(H2,16,18,26)(H,19,20,23). The van der Waals surface area contributed by atoms with E-state index in [9.17, 15) is 19.5 Å². The molecule has 0 bridgehead atoms. The molecule has 0 fully saturated rings. The molecule has 0 aliphatic carbocycles. The fourth-order valence-electron chi connectivity index (χ4n) is 2.12. The van der Waals surface area contributed by atoms with Gasteiger partial charge in [0.1, 0.15) is 18.5 Å². The van der Waals surface area contributed by atoms with Crippen molar-refractivity contribution >= 4 is 29.0 Å². The summed E-state index contributed by atoms with van der Waals surface area (Å²) in [6.07, 6.45) is 2.90. The fraction of sp³-hybridized carbons (Fsp3) is 0.143. The van der Waals surface area contributed by atoms with Gasteiger partial charge in [-0.3, -0.25) is 9.48 Å². The van der Waals surface area contributed by atoms with E-state index in [1.165, 1.54) is 24.0 Å². The number of urea groups is 1. The number of H-pyrrole nitrogens is 1.